The van der Waals surface area contributed by atoms with Gasteiger partial charge in [0.2, 0.25) is 0 Å². The van der Waals surface area contributed by atoms with E-state index in [1.165, 1.54) is 0 Å². The second kappa shape index (κ2) is 2.39. The summed E-state index contributed by atoms with van der Waals surface area (Å²) < 4.78 is 11.4. The van der Waals surface area contributed by atoms with Crippen LogP contribution in [0.5, 0.6) is 0 Å². The molecule has 1 fully saturated rings. The van der Waals surface area contributed by atoms with E-state index < -0.39 is 18.8 Å². The molecule has 0 unspecified atom stereocenters. The van der Waals surface area contributed by atoms with Crippen molar-refractivity contribution in [3.8, 4) is 0 Å². The highest BCUT2D eigenvalue weighted by molar-refractivity contribution is 7.65. The largest absolute Gasteiger partial charge is 0.481 e. The van der Waals surface area contributed by atoms with Crippen molar-refractivity contribution in [2.24, 2.45) is 0 Å². The number of carboxylic acid groups (broad SMARTS) is 1. The van der Waals surface area contributed by atoms with Crippen LogP contribution in [0.2, 0.25) is 0 Å². The first-order valence-corrected chi connectivity index (χ1v) is 5.74. The molecule has 0 aromatic carbocycles. The van der Waals surface area contributed by atoms with E-state index in [-0.39, 0.29) is 0 Å². The molecule has 0 saturated carbocycles. The first-order valence-electron chi connectivity index (χ1n) is 3.33. The number of hydrogen-bond acceptors (Lipinski definition) is 2. The maximum atomic E-state index is 11.4. The van der Waals surface area contributed by atoms with E-state index in [4.69, 9.17) is 5.11 Å². The fraction of sp³-hybridized carbons (Fsp3) is 0.833. The second-order valence-corrected chi connectivity index (χ2v) is 6.31. The van der Waals surface area contributed by atoms with Crippen LogP contribution in [0.3, 0.4) is 0 Å². The average Bonchev–Trinajstić information content (AvgIpc) is 2.08. The monoisotopic (exact) mass is 162 g/mol. The zero-order valence-corrected chi connectivity index (χ0v) is 6.80. The van der Waals surface area contributed by atoms with Gasteiger partial charge in [-0.25, -0.2) is 0 Å². The van der Waals surface area contributed by atoms with E-state index in [9.17, 15) is 9.36 Å². The van der Waals surface area contributed by atoms with Gasteiger partial charge >= 0.3 is 5.97 Å². The molecule has 0 spiro atoms. The lowest BCUT2D eigenvalue weighted by Gasteiger charge is -2.09. The Morgan fingerprint density at radius 3 is 2.50 bits per heavy atom. The fourth-order valence-electron chi connectivity index (χ4n) is 1.38. The minimum absolute atomic E-state index is 0.549. The van der Waals surface area contributed by atoms with E-state index in [0.29, 0.717) is 12.6 Å². The molecule has 1 aliphatic rings. The molecule has 0 aromatic heterocycles. The molecule has 2 atom stereocenters. The standard InChI is InChI=1S/C6H11O3P/c1-10(9)4-2-3-5(10)6(7)8/h5H,2-4H2,1H3,(H,7,8)/t5-,10+/m1/s1. The molecule has 58 valence electrons. The van der Waals surface area contributed by atoms with E-state index in [1.54, 1.807) is 6.66 Å². The second-order valence-electron chi connectivity index (χ2n) is 2.89. The third kappa shape index (κ3) is 1.24. The lowest BCUT2D eigenvalue weighted by atomic mass is 10.3. The SMILES string of the molecule is C[P@]1(=O)CCC[C@@H]1C(=O)O. The van der Waals surface area contributed by atoms with Crippen LogP contribution in [-0.4, -0.2) is 29.6 Å². The molecule has 10 heavy (non-hydrogen) atoms. The Morgan fingerprint density at radius 1 is 1.70 bits per heavy atom. The molecular formula is C6H11O3P. The maximum Gasteiger partial charge on any atom is 0.313 e. The van der Waals surface area contributed by atoms with Gasteiger partial charge in [0, 0.05) is 6.16 Å². The maximum absolute atomic E-state index is 11.4. The third-order valence-electron chi connectivity index (χ3n) is 2.02. The van der Waals surface area contributed by atoms with Crippen molar-refractivity contribution in [2.45, 2.75) is 18.5 Å². The Bertz CT molecular complexity index is 199. The summed E-state index contributed by atoms with van der Waals surface area (Å²) in [7, 11) is -2.31. The molecular weight excluding hydrogens is 151 g/mol. The van der Waals surface area contributed by atoms with Gasteiger partial charge in [0.25, 0.3) is 0 Å². The van der Waals surface area contributed by atoms with E-state index in [2.05, 4.69) is 0 Å². The summed E-state index contributed by atoms with van der Waals surface area (Å²) in [6.45, 7) is 1.60. The summed E-state index contributed by atoms with van der Waals surface area (Å²) in [4.78, 5) is 10.4. The van der Waals surface area contributed by atoms with Gasteiger partial charge in [-0.1, -0.05) is 0 Å². The van der Waals surface area contributed by atoms with Gasteiger partial charge in [0.1, 0.15) is 5.66 Å². The van der Waals surface area contributed by atoms with Crippen molar-refractivity contribution >= 4 is 13.1 Å². The summed E-state index contributed by atoms with van der Waals surface area (Å²) >= 11 is 0. The van der Waals surface area contributed by atoms with Crippen LogP contribution in [0, 0.1) is 0 Å². The van der Waals surface area contributed by atoms with Crippen molar-refractivity contribution in [3.63, 3.8) is 0 Å². The predicted octanol–water partition coefficient (Wildman–Crippen LogP) is 1.23. The molecule has 1 N–H and O–H groups in total. The lowest BCUT2D eigenvalue weighted by molar-refractivity contribution is -0.136. The molecule has 1 saturated heterocycles. The molecule has 3 nitrogen and oxygen atoms in total. The van der Waals surface area contributed by atoms with E-state index in [0.717, 1.165) is 6.42 Å². The van der Waals surface area contributed by atoms with Crippen molar-refractivity contribution in [1.29, 1.82) is 0 Å². The van der Waals surface area contributed by atoms with Gasteiger partial charge in [-0.3, -0.25) is 4.79 Å². The lowest BCUT2D eigenvalue weighted by Crippen LogP contribution is -2.15. The molecule has 1 aliphatic heterocycles. The van der Waals surface area contributed by atoms with Crippen molar-refractivity contribution in [1.82, 2.24) is 0 Å². The number of rotatable bonds is 1. The molecule has 0 amide bonds. The first kappa shape index (κ1) is 7.80. The quantitative estimate of drug-likeness (QED) is 0.590. The number of aliphatic carboxylic acids is 1. The van der Waals surface area contributed by atoms with Crippen LogP contribution >= 0.6 is 7.14 Å². The van der Waals surface area contributed by atoms with Crippen molar-refractivity contribution < 1.29 is 14.5 Å². The number of hydrogen-bond donors (Lipinski definition) is 1. The summed E-state index contributed by atoms with van der Waals surface area (Å²) in [5, 5.41) is 8.58. The van der Waals surface area contributed by atoms with Gasteiger partial charge in [0.15, 0.2) is 0 Å². The van der Waals surface area contributed by atoms with Gasteiger partial charge in [-0.2, -0.15) is 0 Å². The molecule has 0 radical (unpaired) electrons. The predicted molar refractivity (Wildman–Crippen MR) is 39.1 cm³/mol. The van der Waals surface area contributed by atoms with Crippen LogP contribution < -0.4 is 0 Å². The van der Waals surface area contributed by atoms with Crippen molar-refractivity contribution in [2.75, 3.05) is 12.8 Å². The van der Waals surface area contributed by atoms with Gasteiger partial charge in [0.05, 0.1) is 7.14 Å². The fourth-order valence-corrected chi connectivity index (χ4v) is 3.70. The Morgan fingerprint density at radius 2 is 2.30 bits per heavy atom. The van der Waals surface area contributed by atoms with Gasteiger partial charge in [-0.05, 0) is 19.5 Å². The van der Waals surface area contributed by atoms with E-state index in [1.807, 2.05) is 0 Å². The zero-order chi connectivity index (χ0) is 7.78. The Kier molecular flexibility index (Phi) is 1.86. The highest BCUT2D eigenvalue weighted by atomic mass is 31.2. The average molecular weight is 162 g/mol. The first-order chi connectivity index (χ1) is 4.54. The highest BCUT2D eigenvalue weighted by Gasteiger charge is 2.38. The minimum Gasteiger partial charge on any atom is -0.481 e. The summed E-state index contributed by atoms with van der Waals surface area (Å²) in [5.41, 5.74) is -0.549. The van der Waals surface area contributed by atoms with Crippen LogP contribution in [-0.2, 0) is 9.36 Å². The zero-order valence-electron chi connectivity index (χ0n) is 5.91. The normalized spacial score (nSPS) is 39.9. The Balaban J connectivity index is 2.79. The summed E-state index contributed by atoms with van der Waals surface area (Å²) in [5.74, 6) is -0.886. The molecule has 0 bridgehead atoms. The van der Waals surface area contributed by atoms with Crippen LogP contribution in [0.1, 0.15) is 12.8 Å². The number of carboxylic acids is 1. The topological polar surface area (TPSA) is 54.4 Å². The van der Waals surface area contributed by atoms with Crippen LogP contribution in [0.15, 0.2) is 0 Å². The van der Waals surface area contributed by atoms with Crippen molar-refractivity contribution in [3.05, 3.63) is 0 Å². The molecule has 4 heteroatoms. The Labute approximate surface area is 59.8 Å². The van der Waals surface area contributed by atoms with Crippen LogP contribution in [0.4, 0.5) is 0 Å². The van der Waals surface area contributed by atoms with Gasteiger partial charge in [-0.15, -0.1) is 0 Å². The third-order valence-corrected chi connectivity index (χ3v) is 5.03. The molecule has 0 aromatic rings. The number of carbonyl (C=O) groups is 1. The Hall–Kier alpha value is -0.300. The van der Waals surface area contributed by atoms with Gasteiger partial charge < -0.3 is 9.67 Å². The smallest absolute Gasteiger partial charge is 0.313 e. The van der Waals surface area contributed by atoms with E-state index >= 15 is 0 Å². The highest BCUT2D eigenvalue weighted by Crippen LogP contribution is 2.54. The molecule has 1 rings (SSSR count). The summed E-state index contributed by atoms with van der Waals surface area (Å²) in [6, 6.07) is 0. The van der Waals surface area contributed by atoms with Crippen LogP contribution in [0.25, 0.3) is 0 Å². The molecule has 1 heterocycles. The minimum atomic E-state index is -2.31. The molecule has 0 aliphatic carbocycles. The summed E-state index contributed by atoms with van der Waals surface area (Å²) in [6.07, 6.45) is 2.03.